The van der Waals surface area contributed by atoms with Crippen molar-refractivity contribution in [2.45, 2.75) is 19.8 Å². The summed E-state index contributed by atoms with van der Waals surface area (Å²) >= 11 is 0. The minimum atomic E-state index is 0.123. The molecule has 1 aliphatic rings. The third kappa shape index (κ3) is 3.76. The van der Waals surface area contributed by atoms with Gasteiger partial charge < -0.3 is 14.2 Å². The van der Waals surface area contributed by atoms with Crippen LogP contribution in [0, 0.1) is 12.8 Å². The minimum absolute atomic E-state index is 0.123. The molecule has 122 valence electrons. The van der Waals surface area contributed by atoms with E-state index in [4.69, 9.17) is 4.74 Å². The number of rotatable bonds is 4. The van der Waals surface area contributed by atoms with Crippen LogP contribution in [0.25, 0.3) is 0 Å². The first-order chi connectivity index (χ1) is 11.1. The lowest BCUT2D eigenvalue weighted by molar-refractivity contribution is 0.0624. The second-order valence-corrected chi connectivity index (χ2v) is 6.39. The first kappa shape index (κ1) is 15.7. The van der Waals surface area contributed by atoms with Gasteiger partial charge in [0, 0.05) is 32.3 Å². The largest absolute Gasteiger partial charge is 0.493 e. The fraction of sp³-hybridized carbons (Fsp3) is 0.421. The molecule has 0 bridgehead atoms. The number of aryl methyl sites for hydroxylation is 2. The van der Waals surface area contributed by atoms with Crippen LogP contribution in [0.2, 0.25) is 0 Å². The van der Waals surface area contributed by atoms with Crippen molar-refractivity contribution in [3.8, 4) is 5.75 Å². The zero-order valence-electron chi connectivity index (χ0n) is 13.9. The number of aromatic nitrogens is 1. The van der Waals surface area contributed by atoms with Crippen LogP contribution >= 0.6 is 0 Å². The number of nitrogens with zero attached hydrogens (tertiary/aromatic N) is 2. The van der Waals surface area contributed by atoms with Crippen molar-refractivity contribution < 1.29 is 9.53 Å². The number of amides is 1. The molecule has 0 spiro atoms. The van der Waals surface area contributed by atoms with Gasteiger partial charge in [-0.25, -0.2) is 0 Å². The predicted molar refractivity (Wildman–Crippen MR) is 90.7 cm³/mol. The standard InChI is InChI=1S/C19H24N2O2/c1-15-7-9-17(10-8-15)23-14-16-5-3-12-21(13-16)19(22)18-6-4-11-20(18)2/h4,6-11,16H,3,5,12-14H2,1-2H3/t16-/m1/s1. The summed E-state index contributed by atoms with van der Waals surface area (Å²) < 4.78 is 7.78. The van der Waals surface area contributed by atoms with Gasteiger partial charge in [0.05, 0.1) is 6.61 Å². The fourth-order valence-electron chi connectivity index (χ4n) is 3.08. The molecule has 1 aromatic heterocycles. The van der Waals surface area contributed by atoms with E-state index in [-0.39, 0.29) is 5.91 Å². The van der Waals surface area contributed by atoms with Gasteiger partial charge in [-0.3, -0.25) is 4.79 Å². The number of hydrogen-bond acceptors (Lipinski definition) is 2. The number of carbonyl (C=O) groups is 1. The van der Waals surface area contributed by atoms with Crippen molar-refractivity contribution in [3.63, 3.8) is 0 Å². The Morgan fingerprint density at radius 1 is 1.26 bits per heavy atom. The Labute approximate surface area is 137 Å². The quantitative estimate of drug-likeness (QED) is 0.868. The van der Waals surface area contributed by atoms with Gasteiger partial charge in [-0.15, -0.1) is 0 Å². The van der Waals surface area contributed by atoms with Gasteiger partial charge in [-0.05, 0) is 44.0 Å². The van der Waals surface area contributed by atoms with Gasteiger partial charge in [-0.2, -0.15) is 0 Å². The van der Waals surface area contributed by atoms with E-state index in [1.54, 1.807) is 0 Å². The van der Waals surface area contributed by atoms with E-state index in [2.05, 4.69) is 19.1 Å². The summed E-state index contributed by atoms with van der Waals surface area (Å²) in [6.07, 6.45) is 4.07. The number of ether oxygens (including phenoxy) is 1. The number of carbonyl (C=O) groups excluding carboxylic acids is 1. The molecule has 23 heavy (non-hydrogen) atoms. The Bertz CT molecular complexity index is 660. The van der Waals surface area contributed by atoms with Crippen LogP contribution in [-0.4, -0.2) is 35.1 Å². The highest BCUT2D eigenvalue weighted by atomic mass is 16.5. The van der Waals surface area contributed by atoms with Crippen molar-refractivity contribution in [2.75, 3.05) is 19.7 Å². The van der Waals surface area contributed by atoms with E-state index in [1.807, 2.05) is 47.0 Å². The lowest BCUT2D eigenvalue weighted by atomic mass is 9.98. The second kappa shape index (κ2) is 6.90. The predicted octanol–water partition coefficient (Wildman–Crippen LogP) is 3.26. The van der Waals surface area contributed by atoms with Crippen LogP contribution in [0.4, 0.5) is 0 Å². The summed E-state index contributed by atoms with van der Waals surface area (Å²) in [6.45, 7) is 4.35. The van der Waals surface area contributed by atoms with Crippen LogP contribution in [0.5, 0.6) is 5.75 Å². The van der Waals surface area contributed by atoms with Gasteiger partial charge in [0.15, 0.2) is 0 Å². The number of likely N-dealkylation sites (tertiary alicyclic amines) is 1. The lowest BCUT2D eigenvalue weighted by Gasteiger charge is -2.32. The first-order valence-electron chi connectivity index (χ1n) is 8.23. The summed E-state index contributed by atoms with van der Waals surface area (Å²) in [4.78, 5) is 14.6. The molecule has 1 amide bonds. The molecule has 4 nitrogen and oxygen atoms in total. The van der Waals surface area contributed by atoms with Crippen LogP contribution in [-0.2, 0) is 7.05 Å². The number of piperidine rings is 1. The fourth-order valence-corrected chi connectivity index (χ4v) is 3.08. The molecule has 0 unspecified atom stereocenters. The highest BCUT2D eigenvalue weighted by Gasteiger charge is 2.25. The zero-order chi connectivity index (χ0) is 16.2. The maximum atomic E-state index is 12.6. The van der Waals surface area contributed by atoms with Gasteiger partial charge >= 0.3 is 0 Å². The summed E-state index contributed by atoms with van der Waals surface area (Å²) in [5.41, 5.74) is 1.99. The smallest absolute Gasteiger partial charge is 0.270 e. The van der Waals surface area contributed by atoms with Gasteiger partial charge in [0.25, 0.3) is 5.91 Å². The van der Waals surface area contributed by atoms with Crippen molar-refractivity contribution in [2.24, 2.45) is 13.0 Å². The van der Waals surface area contributed by atoms with Gasteiger partial charge in [0.2, 0.25) is 0 Å². The summed E-state index contributed by atoms with van der Waals surface area (Å²) in [5, 5.41) is 0. The molecular formula is C19H24N2O2. The lowest BCUT2D eigenvalue weighted by Crippen LogP contribution is -2.42. The first-order valence-corrected chi connectivity index (χ1v) is 8.23. The molecule has 1 aliphatic heterocycles. The third-order valence-corrected chi connectivity index (χ3v) is 4.48. The topological polar surface area (TPSA) is 34.5 Å². The molecule has 3 rings (SSSR count). The summed E-state index contributed by atoms with van der Waals surface area (Å²) in [6, 6.07) is 11.9. The minimum Gasteiger partial charge on any atom is -0.493 e. The Kier molecular flexibility index (Phi) is 4.70. The highest BCUT2D eigenvalue weighted by molar-refractivity contribution is 5.92. The second-order valence-electron chi connectivity index (χ2n) is 6.39. The van der Waals surface area contributed by atoms with E-state index in [1.165, 1.54) is 5.56 Å². The Balaban J connectivity index is 1.57. The SMILES string of the molecule is Cc1ccc(OC[C@@H]2CCCN(C(=O)c3cccn3C)C2)cc1. The van der Waals surface area contributed by atoms with Crippen LogP contribution in [0.1, 0.15) is 28.9 Å². The Morgan fingerprint density at radius 2 is 2.04 bits per heavy atom. The normalized spacial score (nSPS) is 18.0. The molecule has 1 fully saturated rings. The van der Waals surface area contributed by atoms with Crippen LogP contribution < -0.4 is 4.74 Å². The molecule has 1 aromatic carbocycles. The van der Waals surface area contributed by atoms with E-state index >= 15 is 0 Å². The van der Waals surface area contributed by atoms with Crippen LogP contribution in [0.15, 0.2) is 42.6 Å². The maximum Gasteiger partial charge on any atom is 0.270 e. The van der Waals surface area contributed by atoms with Crippen molar-refractivity contribution >= 4 is 5.91 Å². The highest BCUT2D eigenvalue weighted by Crippen LogP contribution is 2.20. The van der Waals surface area contributed by atoms with E-state index in [9.17, 15) is 4.79 Å². The third-order valence-electron chi connectivity index (χ3n) is 4.48. The monoisotopic (exact) mass is 312 g/mol. The van der Waals surface area contributed by atoms with Crippen LogP contribution in [0.3, 0.4) is 0 Å². The van der Waals surface area contributed by atoms with E-state index in [0.717, 1.165) is 37.4 Å². The summed E-state index contributed by atoms with van der Waals surface area (Å²) in [5.74, 6) is 1.42. The molecular weight excluding hydrogens is 288 g/mol. The molecule has 1 saturated heterocycles. The number of benzene rings is 1. The van der Waals surface area contributed by atoms with E-state index in [0.29, 0.717) is 12.5 Å². The molecule has 2 heterocycles. The molecule has 1 atom stereocenters. The van der Waals surface area contributed by atoms with Crippen molar-refractivity contribution in [1.29, 1.82) is 0 Å². The summed E-state index contributed by atoms with van der Waals surface area (Å²) in [7, 11) is 1.91. The molecule has 0 N–H and O–H groups in total. The molecule has 0 radical (unpaired) electrons. The number of hydrogen-bond donors (Lipinski definition) is 0. The zero-order valence-corrected chi connectivity index (χ0v) is 13.9. The molecule has 2 aromatic rings. The average molecular weight is 312 g/mol. The average Bonchev–Trinajstić information content (AvgIpc) is 3.00. The van der Waals surface area contributed by atoms with E-state index < -0.39 is 0 Å². The Morgan fingerprint density at radius 3 is 2.74 bits per heavy atom. The Hall–Kier alpha value is -2.23. The van der Waals surface area contributed by atoms with Crippen molar-refractivity contribution in [1.82, 2.24) is 9.47 Å². The van der Waals surface area contributed by atoms with Gasteiger partial charge in [0.1, 0.15) is 11.4 Å². The van der Waals surface area contributed by atoms with Gasteiger partial charge in [-0.1, -0.05) is 17.7 Å². The molecule has 0 saturated carbocycles. The maximum absolute atomic E-state index is 12.6. The molecule has 4 heteroatoms. The molecule has 0 aliphatic carbocycles. The van der Waals surface area contributed by atoms with Crippen molar-refractivity contribution in [3.05, 3.63) is 53.9 Å².